The molecule has 0 bridgehead atoms. The Morgan fingerprint density at radius 3 is 2.93 bits per heavy atom. The quantitative estimate of drug-likeness (QED) is 0.696. The molecule has 0 amide bonds. The smallest absolute Gasteiger partial charge is 0.149 e. The lowest BCUT2D eigenvalue weighted by Gasteiger charge is -2.35. The van der Waals surface area contributed by atoms with Crippen LogP contribution in [-0.2, 0) is 9.53 Å². The number of ketones is 1. The lowest BCUT2D eigenvalue weighted by molar-refractivity contribution is -0.124. The maximum atomic E-state index is 11.6. The van der Waals surface area contributed by atoms with Crippen molar-refractivity contribution in [3.8, 4) is 0 Å². The van der Waals surface area contributed by atoms with E-state index < -0.39 is 0 Å². The Morgan fingerprint density at radius 1 is 1.60 bits per heavy atom. The molecule has 1 aliphatic rings. The predicted molar refractivity (Wildman–Crippen MR) is 60.9 cm³/mol. The minimum Gasteiger partial charge on any atom is -0.384 e. The second-order valence-corrected chi connectivity index (χ2v) is 4.45. The highest BCUT2D eigenvalue weighted by molar-refractivity contribution is 5.83. The van der Waals surface area contributed by atoms with Crippen molar-refractivity contribution in [2.45, 2.75) is 39.2 Å². The van der Waals surface area contributed by atoms with Gasteiger partial charge in [-0.3, -0.25) is 9.69 Å². The molecule has 0 saturated carbocycles. The van der Waals surface area contributed by atoms with Crippen LogP contribution in [0.1, 0.15) is 33.1 Å². The van der Waals surface area contributed by atoms with Gasteiger partial charge in [-0.2, -0.15) is 0 Å². The first-order valence-corrected chi connectivity index (χ1v) is 5.94. The first-order valence-electron chi connectivity index (χ1n) is 5.94. The molecule has 15 heavy (non-hydrogen) atoms. The second-order valence-electron chi connectivity index (χ2n) is 4.45. The fraction of sp³-hybridized carbons (Fsp3) is 0.917. The van der Waals surface area contributed by atoms with E-state index in [0.29, 0.717) is 18.1 Å². The summed E-state index contributed by atoms with van der Waals surface area (Å²) in [7, 11) is 1.75. The van der Waals surface area contributed by atoms with Gasteiger partial charge in [0.15, 0.2) is 0 Å². The number of methoxy groups -OCH3 is 1. The number of carbonyl (C=O) groups is 1. The fourth-order valence-electron chi connectivity index (χ4n) is 2.32. The molecule has 0 aromatic rings. The van der Waals surface area contributed by atoms with Crippen LogP contribution in [-0.4, -0.2) is 43.5 Å². The number of hydrogen-bond acceptors (Lipinski definition) is 3. The summed E-state index contributed by atoms with van der Waals surface area (Å²) in [5.74, 6) is 0.962. The predicted octanol–water partition coefficient (Wildman–Crippen LogP) is 1.71. The second kappa shape index (κ2) is 6.23. The Bertz CT molecular complexity index is 204. The van der Waals surface area contributed by atoms with Crippen LogP contribution in [0.2, 0.25) is 0 Å². The van der Waals surface area contributed by atoms with Crippen molar-refractivity contribution < 1.29 is 9.53 Å². The van der Waals surface area contributed by atoms with Crippen LogP contribution in [0, 0.1) is 5.92 Å². The molecule has 0 aliphatic carbocycles. The van der Waals surface area contributed by atoms with E-state index >= 15 is 0 Å². The van der Waals surface area contributed by atoms with Gasteiger partial charge in [0.25, 0.3) is 0 Å². The van der Waals surface area contributed by atoms with Gasteiger partial charge in [0.1, 0.15) is 5.78 Å². The first kappa shape index (κ1) is 12.7. The molecule has 0 spiro atoms. The highest BCUT2D eigenvalue weighted by atomic mass is 16.5. The number of rotatable bonds is 5. The van der Waals surface area contributed by atoms with Crippen LogP contribution < -0.4 is 0 Å². The summed E-state index contributed by atoms with van der Waals surface area (Å²) in [6, 6.07) is 0.0923. The van der Waals surface area contributed by atoms with Gasteiger partial charge < -0.3 is 4.74 Å². The summed E-state index contributed by atoms with van der Waals surface area (Å²) >= 11 is 0. The fourth-order valence-corrected chi connectivity index (χ4v) is 2.32. The third-order valence-corrected chi connectivity index (χ3v) is 3.31. The first-order chi connectivity index (χ1) is 7.19. The monoisotopic (exact) mass is 213 g/mol. The molecule has 1 heterocycles. The van der Waals surface area contributed by atoms with Gasteiger partial charge in [-0.15, -0.1) is 0 Å². The molecule has 2 atom stereocenters. The maximum absolute atomic E-state index is 11.6. The molecule has 0 radical (unpaired) electrons. The summed E-state index contributed by atoms with van der Waals surface area (Å²) in [4.78, 5) is 13.9. The minimum atomic E-state index is 0.0923. The van der Waals surface area contributed by atoms with Crippen molar-refractivity contribution in [1.82, 2.24) is 4.90 Å². The molecule has 0 aromatic heterocycles. The molecule has 1 aliphatic heterocycles. The van der Waals surface area contributed by atoms with Crippen molar-refractivity contribution in [2.24, 2.45) is 5.92 Å². The average molecular weight is 213 g/mol. The van der Waals surface area contributed by atoms with Gasteiger partial charge in [0.05, 0.1) is 12.6 Å². The van der Waals surface area contributed by atoms with Gasteiger partial charge in [-0.05, 0) is 32.2 Å². The topological polar surface area (TPSA) is 29.5 Å². The van der Waals surface area contributed by atoms with E-state index in [1.165, 1.54) is 12.8 Å². The summed E-state index contributed by atoms with van der Waals surface area (Å²) in [6.07, 6.45) is 3.07. The van der Waals surface area contributed by atoms with E-state index in [0.717, 1.165) is 19.7 Å². The summed E-state index contributed by atoms with van der Waals surface area (Å²) in [5.41, 5.74) is 0. The largest absolute Gasteiger partial charge is 0.384 e. The van der Waals surface area contributed by atoms with E-state index in [9.17, 15) is 4.79 Å². The highest BCUT2D eigenvalue weighted by Crippen LogP contribution is 2.19. The van der Waals surface area contributed by atoms with Gasteiger partial charge in [-0.25, -0.2) is 0 Å². The van der Waals surface area contributed by atoms with Gasteiger partial charge in [-0.1, -0.05) is 6.92 Å². The minimum absolute atomic E-state index is 0.0923. The number of hydrogen-bond donors (Lipinski definition) is 0. The Balaban J connectivity index is 2.44. The summed E-state index contributed by atoms with van der Waals surface area (Å²) < 4.78 is 5.18. The molecular weight excluding hydrogens is 190 g/mol. The highest BCUT2D eigenvalue weighted by Gasteiger charge is 2.26. The van der Waals surface area contributed by atoms with Crippen LogP contribution >= 0.6 is 0 Å². The number of ether oxygens (including phenoxy) is 1. The third kappa shape index (κ3) is 3.58. The average Bonchev–Trinajstić information content (AvgIpc) is 2.28. The van der Waals surface area contributed by atoms with E-state index in [2.05, 4.69) is 4.90 Å². The van der Waals surface area contributed by atoms with Crippen LogP contribution in [0.5, 0.6) is 0 Å². The molecule has 0 N–H and O–H groups in total. The molecule has 0 aromatic carbocycles. The Labute approximate surface area is 92.8 Å². The lowest BCUT2D eigenvalue weighted by atomic mass is 9.96. The number of Topliss-reactive ketones (excluding diaryl/α,β-unsaturated/α-hetero) is 1. The van der Waals surface area contributed by atoms with Gasteiger partial charge >= 0.3 is 0 Å². The van der Waals surface area contributed by atoms with Gasteiger partial charge in [0.2, 0.25) is 0 Å². The Hall–Kier alpha value is -0.410. The van der Waals surface area contributed by atoms with Crippen molar-refractivity contribution in [3.63, 3.8) is 0 Å². The van der Waals surface area contributed by atoms with E-state index in [-0.39, 0.29) is 6.04 Å². The third-order valence-electron chi connectivity index (χ3n) is 3.31. The number of likely N-dealkylation sites (tertiary alicyclic amines) is 1. The molecule has 3 nitrogen and oxygen atoms in total. The van der Waals surface area contributed by atoms with E-state index in [1.54, 1.807) is 7.11 Å². The van der Waals surface area contributed by atoms with Crippen molar-refractivity contribution in [2.75, 3.05) is 26.8 Å². The van der Waals surface area contributed by atoms with Gasteiger partial charge in [0, 0.05) is 20.1 Å². The zero-order valence-corrected chi connectivity index (χ0v) is 10.2. The van der Waals surface area contributed by atoms with Crippen LogP contribution in [0.15, 0.2) is 0 Å². The molecule has 88 valence electrons. The Kier molecular flexibility index (Phi) is 5.26. The maximum Gasteiger partial charge on any atom is 0.149 e. The van der Waals surface area contributed by atoms with Crippen LogP contribution in [0.25, 0.3) is 0 Å². The van der Waals surface area contributed by atoms with Crippen LogP contribution in [0.3, 0.4) is 0 Å². The number of piperidine rings is 1. The SMILES string of the molecule is CCC(=O)C(C)N1CCCC(COC)C1. The normalized spacial score (nSPS) is 25.1. The zero-order valence-electron chi connectivity index (χ0n) is 10.2. The number of nitrogens with zero attached hydrogens (tertiary/aromatic N) is 1. The number of carbonyl (C=O) groups excluding carboxylic acids is 1. The van der Waals surface area contributed by atoms with Crippen molar-refractivity contribution >= 4 is 5.78 Å². The lowest BCUT2D eigenvalue weighted by Crippen LogP contribution is -2.45. The van der Waals surface area contributed by atoms with Crippen molar-refractivity contribution in [1.29, 1.82) is 0 Å². The van der Waals surface area contributed by atoms with E-state index in [1.807, 2.05) is 13.8 Å². The molecule has 1 rings (SSSR count). The molecule has 2 unspecified atom stereocenters. The summed E-state index contributed by atoms with van der Waals surface area (Å²) in [6.45, 7) is 6.87. The Morgan fingerprint density at radius 2 is 2.33 bits per heavy atom. The zero-order chi connectivity index (χ0) is 11.3. The standard InChI is InChI=1S/C12H23NO2/c1-4-12(14)10(2)13-7-5-6-11(8-13)9-15-3/h10-11H,4-9H2,1-3H3. The summed E-state index contributed by atoms with van der Waals surface area (Å²) in [5, 5.41) is 0. The molecule has 3 heteroatoms. The van der Waals surface area contributed by atoms with Crippen molar-refractivity contribution in [3.05, 3.63) is 0 Å². The molecular formula is C12H23NO2. The van der Waals surface area contributed by atoms with Crippen LogP contribution in [0.4, 0.5) is 0 Å². The van der Waals surface area contributed by atoms with E-state index in [4.69, 9.17) is 4.74 Å². The molecule has 1 fully saturated rings. The molecule has 1 saturated heterocycles.